The van der Waals surface area contributed by atoms with Crippen LogP contribution in [0.25, 0.3) is 11.0 Å². The summed E-state index contributed by atoms with van der Waals surface area (Å²) in [5, 5.41) is 4.08. The second-order valence-corrected chi connectivity index (χ2v) is 3.60. The third-order valence-electron chi connectivity index (χ3n) is 2.47. The van der Waals surface area contributed by atoms with Gasteiger partial charge in [0.25, 0.3) is 0 Å². The Labute approximate surface area is 97.4 Å². The topological polar surface area (TPSA) is 68.5 Å². The Morgan fingerprint density at radius 1 is 1.18 bits per heavy atom. The van der Waals surface area contributed by atoms with Crippen molar-refractivity contribution in [3.63, 3.8) is 0 Å². The molecule has 0 spiro atoms. The van der Waals surface area contributed by atoms with E-state index < -0.39 is 0 Å². The second kappa shape index (κ2) is 3.82. The third kappa shape index (κ3) is 1.69. The summed E-state index contributed by atoms with van der Waals surface area (Å²) in [6.45, 7) is 0. The van der Waals surface area contributed by atoms with E-state index in [1.54, 1.807) is 18.6 Å². The number of nitrogens with one attached hydrogen (secondary N) is 1. The first-order valence-electron chi connectivity index (χ1n) is 5.13. The van der Waals surface area contributed by atoms with Gasteiger partial charge in [-0.15, -0.1) is 0 Å². The summed E-state index contributed by atoms with van der Waals surface area (Å²) in [4.78, 5) is 16.6. The molecule has 0 aliphatic rings. The zero-order valence-electron chi connectivity index (χ0n) is 9.20. The van der Waals surface area contributed by atoms with Crippen molar-refractivity contribution < 1.29 is 0 Å². The van der Waals surface area contributed by atoms with Gasteiger partial charge in [0.1, 0.15) is 23.6 Å². The van der Waals surface area contributed by atoms with Crippen LogP contribution in [0.5, 0.6) is 0 Å². The van der Waals surface area contributed by atoms with Crippen LogP contribution in [0.3, 0.4) is 0 Å². The van der Waals surface area contributed by atoms with Crippen LogP contribution in [-0.2, 0) is 7.05 Å². The van der Waals surface area contributed by atoms with Crippen molar-refractivity contribution in [2.45, 2.75) is 0 Å². The Balaban J connectivity index is 2.06. The molecule has 0 aliphatic heterocycles. The lowest BCUT2D eigenvalue weighted by Gasteiger charge is -2.04. The average molecular weight is 226 g/mol. The van der Waals surface area contributed by atoms with Gasteiger partial charge >= 0.3 is 0 Å². The van der Waals surface area contributed by atoms with Gasteiger partial charge in [0, 0.05) is 25.6 Å². The lowest BCUT2D eigenvalue weighted by Crippen LogP contribution is -1.98. The second-order valence-electron chi connectivity index (χ2n) is 3.60. The number of hydrogen-bond donors (Lipinski definition) is 1. The molecule has 0 saturated carbocycles. The van der Waals surface area contributed by atoms with Gasteiger partial charge < -0.3 is 9.88 Å². The van der Waals surface area contributed by atoms with E-state index in [-0.39, 0.29) is 0 Å². The fourth-order valence-corrected chi connectivity index (χ4v) is 1.66. The first-order chi connectivity index (χ1) is 8.34. The minimum absolute atomic E-state index is 0.663. The summed E-state index contributed by atoms with van der Waals surface area (Å²) in [5.74, 6) is 1.40. The van der Waals surface area contributed by atoms with E-state index in [0.29, 0.717) is 5.82 Å². The molecule has 0 unspecified atom stereocenters. The molecule has 0 amide bonds. The van der Waals surface area contributed by atoms with E-state index in [4.69, 9.17) is 0 Å². The van der Waals surface area contributed by atoms with Gasteiger partial charge in [0.05, 0.1) is 11.6 Å². The predicted octanol–water partition coefficient (Wildman–Crippen LogP) is 1.50. The summed E-state index contributed by atoms with van der Waals surface area (Å²) in [5.41, 5.74) is 0.881. The van der Waals surface area contributed by atoms with Crippen LogP contribution >= 0.6 is 0 Å². The summed E-state index contributed by atoms with van der Waals surface area (Å²) in [7, 11) is 1.95. The first kappa shape index (κ1) is 9.71. The van der Waals surface area contributed by atoms with Gasteiger partial charge in [-0.05, 0) is 6.07 Å². The van der Waals surface area contributed by atoms with Gasteiger partial charge in [0.2, 0.25) is 0 Å². The molecule has 0 saturated heterocycles. The lowest BCUT2D eigenvalue weighted by molar-refractivity contribution is 0.944. The van der Waals surface area contributed by atoms with Crippen molar-refractivity contribution >= 4 is 22.7 Å². The molecular formula is C11H10N6. The largest absolute Gasteiger partial charge is 0.335 e. The highest BCUT2D eigenvalue weighted by Crippen LogP contribution is 2.21. The molecular weight excluding hydrogens is 216 g/mol. The quantitative estimate of drug-likeness (QED) is 0.717. The number of nitrogens with zero attached hydrogens (tertiary/aromatic N) is 5. The normalized spacial score (nSPS) is 10.6. The molecule has 84 valence electrons. The number of aryl methyl sites for hydroxylation is 1. The molecule has 0 atom stereocenters. The van der Waals surface area contributed by atoms with Crippen LogP contribution in [0.15, 0.2) is 37.2 Å². The van der Waals surface area contributed by atoms with Crippen LogP contribution < -0.4 is 5.32 Å². The first-order valence-corrected chi connectivity index (χ1v) is 5.13. The van der Waals surface area contributed by atoms with Crippen molar-refractivity contribution in [1.29, 1.82) is 0 Å². The monoisotopic (exact) mass is 226 g/mol. The SMILES string of the molecule is Cn1ccc2c(Nc3cnccn3)ncnc21. The van der Waals surface area contributed by atoms with Crippen molar-refractivity contribution in [2.75, 3.05) is 5.32 Å². The molecule has 6 nitrogen and oxygen atoms in total. The number of aromatic nitrogens is 5. The molecule has 0 aliphatic carbocycles. The van der Waals surface area contributed by atoms with Crippen molar-refractivity contribution in [1.82, 2.24) is 24.5 Å². The molecule has 3 aromatic heterocycles. The van der Waals surface area contributed by atoms with E-state index in [1.165, 1.54) is 6.33 Å². The van der Waals surface area contributed by atoms with E-state index in [9.17, 15) is 0 Å². The van der Waals surface area contributed by atoms with E-state index in [2.05, 4.69) is 25.3 Å². The molecule has 17 heavy (non-hydrogen) atoms. The average Bonchev–Trinajstić information content (AvgIpc) is 2.74. The highest BCUT2D eigenvalue weighted by molar-refractivity contribution is 5.88. The van der Waals surface area contributed by atoms with Crippen molar-refractivity contribution in [2.24, 2.45) is 7.05 Å². The molecule has 3 rings (SSSR count). The minimum Gasteiger partial charge on any atom is -0.335 e. The highest BCUT2D eigenvalue weighted by Gasteiger charge is 2.06. The summed E-state index contributed by atoms with van der Waals surface area (Å²) < 4.78 is 1.94. The Bertz CT molecular complexity index is 645. The van der Waals surface area contributed by atoms with Crippen LogP contribution in [0.2, 0.25) is 0 Å². The smallest absolute Gasteiger partial charge is 0.150 e. The summed E-state index contributed by atoms with van der Waals surface area (Å²) >= 11 is 0. The number of rotatable bonds is 2. The lowest BCUT2D eigenvalue weighted by atomic mass is 10.4. The predicted molar refractivity (Wildman–Crippen MR) is 63.8 cm³/mol. The van der Waals surface area contributed by atoms with Crippen LogP contribution in [0, 0.1) is 0 Å². The zero-order chi connectivity index (χ0) is 11.7. The molecule has 6 heteroatoms. The van der Waals surface area contributed by atoms with Gasteiger partial charge in [0.15, 0.2) is 0 Å². The minimum atomic E-state index is 0.663. The maximum Gasteiger partial charge on any atom is 0.150 e. The zero-order valence-corrected chi connectivity index (χ0v) is 9.20. The molecule has 0 aromatic carbocycles. The molecule has 0 bridgehead atoms. The fraction of sp³-hybridized carbons (Fsp3) is 0.0909. The van der Waals surface area contributed by atoms with Gasteiger partial charge in [-0.1, -0.05) is 0 Å². The Morgan fingerprint density at radius 3 is 2.94 bits per heavy atom. The third-order valence-corrected chi connectivity index (χ3v) is 2.47. The van der Waals surface area contributed by atoms with E-state index >= 15 is 0 Å². The Hall–Kier alpha value is -2.50. The molecule has 3 aromatic rings. The van der Waals surface area contributed by atoms with Gasteiger partial charge in [-0.2, -0.15) is 0 Å². The fourth-order valence-electron chi connectivity index (χ4n) is 1.66. The molecule has 3 heterocycles. The van der Waals surface area contributed by atoms with E-state index in [1.807, 2.05) is 23.9 Å². The Kier molecular flexibility index (Phi) is 2.18. The summed E-state index contributed by atoms with van der Waals surface area (Å²) in [6.07, 6.45) is 8.38. The van der Waals surface area contributed by atoms with Crippen molar-refractivity contribution in [3.8, 4) is 0 Å². The highest BCUT2D eigenvalue weighted by atomic mass is 15.1. The van der Waals surface area contributed by atoms with E-state index in [0.717, 1.165) is 16.9 Å². The number of fused-ring (bicyclic) bond motifs is 1. The number of anilines is 2. The maximum atomic E-state index is 4.22. The standard InChI is InChI=1S/C11H10N6/c1-17-5-2-8-10(14-7-15-11(8)17)16-9-6-12-3-4-13-9/h2-7H,1H3,(H,13,14,15,16). The Morgan fingerprint density at radius 2 is 2.12 bits per heavy atom. The van der Waals surface area contributed by atoms with Gasteiger partial charge in [-0.25, -0.2) is 15.0 Å². The van der Waals surface area contributed by atoms with Crippen LogP contribution in [0.4, 0.5) is 11.6 Å². The summed E-state index contributed by atoms with van der Waals surface area (Å²) in [6, 6.07) is 1.97. The molecule has 0 fully saturated rings. The van der Waals surface area contributed by atoms with Gasteiger partial charge in [-0.3, -0.25) is 4.98 Å². The van der Waals surface area contributed by atoms with Crippen LogP contribution in [0.1, 0.15) is 0 Å². The number of hydrogen-bond acceptors (Lipinski definition) is 5. The van der Waals surface area contributed by atoms with Crippen LogP contribution in [-0.4, -0.2) is 24.5 Å². The molecule has 1 N–H and O–H groups in total. The molecule has 0 radical (unpaired) electrons. The van der Waals surface area contributed by atoms with Crippen molar-refractivity contribution in [3.05, 3.63) is 37.2 Å². The maximum absolute atomic E-state index is 4.22.